The van der Waals surface area contributed by atoms with Crippen LogP contribution in [0.25, 0.3) is 11.0 Å². The molecule has 0 fully saturated rings. The molecule has 100 valence electrons. The van der Waals surface area contributed by atoms with Crippen LogP contribution in [-0.2, 0) is 4.74 Å². The minimum Gasteiger partial charge on any atom is -0.497 e. The summed E-state index contributed by atoms with van der Waals surface area (Å²) in [7, 11) is 1.50. The summed E-state index contributed by atoms with van der Waals surface area (Å²) >= 11 is 0. The lowest BCUT2D eigenvalue weighted by atomic mass is 10.2. The van der Waals surface area contributed by atoms with Gasteiger partial charge in [-0.1, -0.05) is 0 Å². The van der Waals surface area contributed by atoms with Crippen LogP contribution >= 0.6 is 0 Å². The Bertz CT molecular complexity index is 658. The van der Waals surface area contributed by atoms with Gasteiger partial charge in [-0.3, -0.25) is 0 Å². The van der Waals surface area contributed by atoms with E-state index in [1.165, 1.54) is 13.2 Å². The minimum atomic E-state index is -0.819. The minimum absolute atomic E-state index is 0.168. The molecule has 1 N–H and O–H groups in total. The number of fused-ring (bicyclic) bond motifs is 1. The Balaban J connectivity index is 2.44. The Kier molecular flexibility index (Phi) is 3.82. The number of aliphatic hydroxyl groups is 1. The van der Waals surface area contributed by atoms with E-state index in [0.717, 1.165) is 0 Å². The van der Waals surface area contributed by atoms with Crippen molar-refractivity contribution in [3.8, 4) is 5.75 Å². The van der Waals surface area contributed by atoms with Crippen molar-refractivity contribution in [2.45, 2.75) is 0 Å². The van der Waals surface area contributed by atoms with E-state index in [-0.39, 0.29) is 18.8 Å². The summed E-state index contributed by atoms with van der Waals surface area (Å²) in [5, 5.41) is 9.15. The Labute approximate surface area is 108 Å². The van der Waals surface area contributed by atoms with Crippen LogP contribution in [0.15, 0.2) is 33.5 Å². The predicted octanol–water partition coefficient (Wildman–Crippen LogP) is 0.951. The quantitative estimate of drug-likeness (QED) is 0.653. The lowest BCUT2D eigenvalue weighted by molar-refractivity contribution is 0.0429. The molecule has 0 aliphatic rings. The van der Waals surface area contributed by atoms with Crippen molar-refractivity contribution in [1.29, 1.82) is 0 Å². The number of hydrogen-bond donors (Lipinski definition) is 1. The van der Waals surface area contributed by atoms with Crippen LogP contribution in [0.3, 0.4) is 0 Å². The molecule has 0 radical (unpaired) electrons. The first-order valence-corrected chi connectivity index (χ1v) is 5.55. The smallest absolute Gasteiger partial charge is 0.351 e. The van der Waals surface area contributed by atoms with Gasteiger partial charge in [0.15, 0.2) is 0 Å². The molecular formula is C13H12O6. The van der Waals surface area contributed by atoms with Crippen LogP contribution in [0.1, 0.15) is 10.4 Å². The van der Waals surface area contributed by atoms with Gasteiger partial charge in [0.05, 0.1) is 13.7 Å². The van der Waals surface area contributed by atoms with E-state index in [1.807, 2.05) is 0 Å². The maximum Gasteiger partial charge on any atom is 0.351 e. The van der Waals surface area contributed by atoms with Crippen LogP contribution in [0.2, 0.25) is 0 Å². The molecule has 0 bridgehead atoms. The number of carbonyl (C=O) groups is 1. The first-order chi connectivity index (χ1) is 9.15. The summed E-state index contributed by atoms with van der Waals surface area (Å²) in [6.45, 7) is -0.471. The van der Waals surface area contributed by atoms with Gasteiger partial charge in [-0.2, -0.15) is 0 Å². The number of carbonyl (C=O) groups excluding carboxylic acids is 1. The summed E-state index contributed by atoms with van der Waals surface area (Å²) in [5.41, 5.74) is -0.669. The Morgan fingerprint density at radius 3 is 2.84 bits per heavy atom. The van der Waals surface area contributed by atoms with Gasteiger partial charge in [-0.05, 0) is 18.2 Å². The molecule has 0 saturated heterocycles. The summed E-state index contributed by atoms with van der Waals surface area (Å²) < 4.78 is 14.7. The van der Waals surface area contributed by atoms with E-state index in [2.05, 4.69) is 4.74 Å². The van der Waals surface area contributed by atoms with E-state index >= 15 is 0 Å². The molecule has 2 aromatic rings. The second-order valence-electron chi connectivity index (χ2n) is 3.71. The number of benzene rings is 1. The van der Waals surface area contributed by atoms with Crippen molar-refractivity contribution in [1.82, 2.24) is 0 Å². The lowest BCUT2D eigenvalue weighted by Crippen LogP contribution is -2.17. The van der Waals surface area contributed by atoms with Crippen molar-refractivity contribution in [3.63, 3.8) is 0 Å². The highest BCUT2D eigenvalue weighted by atomic mass is 16.5. The molecule has 1 aromatic heterocycles. The second kappa shape index (κ2) is 5.53. The number of ether oxygens (including phenoxy) is 2. The third-order valence-electron chi connectivity index (χ3n) is 2.49. The largest absolute Gasteiger partial charge is 0.497 e. The van der Waals surface area contributed by atoms with E-state index in [9.17, 15) is 9.59 Å². The van der Waals surface area contributed by atoms with E-state index < -0.39 is 11.6 Å². The average Bonchev–Trinajstić information content (AvgIpc) is 2.43. The fraction of sp³-hybridized carbons (Fsp3) is 0.231. The zero-order valence-corrected chi connectivity index (χ0v) is 10.2. The molecule has 1 aromatic carbocycles. The van der Waals surface area contributed by atoms with Crippen molar-refractivity contribution < 1.29 is 23.8 Å². The van der Waals surface area contributed by atoms with Gasteiger partial charge < -0.3 is 19.0 Å². The van der Waals surface area contributed by atoms with Gasteiger partial charge in [0.1, 0.15) is 23.5 Å². The van der Waals surface area contributed by atoms with Crippen LogP contribution in [0.5, 0.6) is 5.75 Å². The van der Waals surface area contributed by atoms with Gasteiger partial charge in [0.25, 0.3) is 0 Å². The van der Waals surface area contributed by atoms with Crippen LogP contribution in [-0.4, -0.2) is 31.4 Å². The third-order valence-corrected chi connectivity index (χ3v) is 2.49. The summed E-state index contributed by atoms with van der Waals surface area (Å²) in [4.78, 5) is 23.2. The molecule has 19 heavy (non-hydrogen) atoms. The molecule has 0 atom stereocenters. The summed E-state index contributed by atoms with van der Waals surface area (Å²) in [5.74, 6) is -0.272. The highest BCUT2D eigenvalue weighted by molar-refractivity contribution is 5.93. The first kappa shape index (κ1) is 13.1. The van der Waals surface area contributed by atoms with Gasteiger partial charge >= 0.3 is 11.6 Å². The van der Waals surface area contributed by atoms with E-state index in [1.54, 1.807) is 18.2 Å². The van der Waals surface area contributed by atoms with Gasteiger partial charge in [0.2, 0.25) is 0 Å². The fourth-order valence-electron chi connectivity index (χ4n) is 1.58. The highest BCUT2D eigenvalue weighted by Gasteiger charge is 2.15. The number of esters is 1. The number of methoxy groups -OCH3 is 1. The van der Waals surface area contributed by atoms with Gasteiger partial charge in [-0.15, -0.1) is 0 Å². The number of hydrogen-bond acceptors (Lipinski definition) is 6. The molecule has 0 aliphatic heterocycles. The number of rotatable bonds is 4. The molecular weight excluding hydrogens is 252 g/mol. The zero-order chi connectivity index (χ0) is 13.8. The van der Waals surface area contributed by atoms with E-state index in [4.69, 9.17) is 14.3 Å². The maximum absolute atomic E-state index is 11.7. The Hall–Kier alpha value is -2.34. The van der Waals surface area contributed by atoms with Crippen molar-refractivity contribution in [2.24, 2.45) is 0 Å². The van der Waals surface area contributed by atoms with Gasteiger partial charge in [-0.25, -0.2) is 9.59 Å². The highest BCUT2D eigenvalue weighted by Crippen LogP contribution is 2.20. The van der Waals surface area contributed by atoms with Crippen LogP contribution in [0, 0.1) is 0 Å². The summed E-state index contributed by atoms with van der Waals surface area (Å²) in [6.07, 6.45) is 0. The summed E-state index contributed by atoms with van der Waals surface area (Å²) in [6, 6.07) is 6.30. The first-order valence-electron chi connectivity index (χ1n) is 5.55. The second-order valence-corrected chi connectivity index (χ2v) is 3.71. The number of aliphatic hydroxyl groups excluding tert-OH is 1. The van der Waals surface area contributed by atoms with E-state index in [0.29, 0.717) is 16.7 Å². The normalized spacial score (nSPS) is 10.4. The molecule has 0 amide bonds. The molecule has 0 aliphatic carbocycles. The molecule has 6 nitrogen and oxygen atoms in total. The standard InChI is InChI=1S/C13H12O6/c1-17-9-3-2-8-6-10(12(15)18-5-4-14)13(16)19-11(8)7-9/h2-3,6-7,14H,4-5H2,1H3. The predicted molar refractivity (Wildman–Crippen MR) is 66.4 cm³/mol. The van der Waals surface area contributed by atoms with Crippen molar-refractivity contribution in [3.05, 3.63) is 40.2 Å². The van der Waals surface area contributed by atoms with Crippen LogP contribution < -0.4 is 10.4 Å². The molecule has 0 spiro atoms. The monoisotopic (exact) mass is 264 g/mol. The average molecular weight is 264 g/mol. The third kappa shape index (κ3) is 2.74. The Morgan fingerprint density at radius 2 is 2.16 bits per heavy atom. The molecule has 1 heterocycles. The van der Waals surface area contributed by atoms with Crippen molar-refractivity contribution >= 4 is 16.9 Å². The molecule has 0 unspecified atom stereocenters. The maximum atomic E-state index is 11.7. The molecule has 0 saturated carbocycles. The molecule has 6 heteroatoms. The molecule has 2 rings (SSSR count). The van der Waals surface area contributed by atoms with Crippen LogP contribution in [0.4, 0.5) is 0 Å². The lowest BCUT2D eigenvalue weighted by Gasteiger charge is -2.04. The van der Waals surface area contributed by atoms with Crippen molar-refractivity contribution in [2.75, 3.05) is 20.3 Å². The zero-order valence-electron chi connectivity index (χ0n) is 10.2. The Morgan fingerprint density at radius 1 is 1.37 bits per heavy atom. The van der Waals surface area contributed by atoms with Gasteiger partial charge in [0, 0.05) is 11.5 Å². The fourth-order valence-corrected chi connectivity index (χ4v) is 1.58. The SMILES string of the molecule is COc1ccc2cc(C(=O)OCCO)c(=O)oc2c1. The topological polar surface area (TPSA) is 86.0 Å².